The minimum atomic E-state index is -0.462. The summed E-state index contributed by atoms with van der Waals surface area (Å²) in [6, 6.07) is 0. The lowest BCUT2D eigenvalue weighted by Gasteiger charge is -2.35. The Morgan fingerprint density at radius 1 is 1.56 bits per heavy atom. The maximum Gasteiger partial charge on any atom is 0.169 e. The summed E-state index contributed by atoms with van der Waals surface area (Å²) < 4.78 is 5.45. The van der Waals surface area contributed by atoms with Crippen LogP contribution in [-0.2, 0) is 14.3 Å². The zero-order valence-corrected chi connectivity index (χ0v) is 9.18. The number of hydrogen-bond donors (Lipinski definition) is 0. The van der Waals surface area contributed by atoms with Crippen LogP contribution in [-0.4, -0.2) is 23.8 Å². The molecule has 0 unspecified atom stereocenters. The van der Waals surface area contributed by atoms with Crippen molar-refractivity contribution in [2.24, 2.45) is 23.2 Å². The van der Waals surface area contributed by atoms with Crippen LogP contribution in [0, 0.1) is 23.2 Å². The second-order valence-electron chi connectivity index (χ2n) is 5.46. The molecule has 2 saturated carbocycles. The first-order valence-corrected chi connectivity index (χ1v) is 6.12. The van der Waals surface area contributed by atoms with E-state index in [-0.39, 0.29) is 35.6 Å². The summed E-state index contributed by atoms with van der Waals surface area (Å²) in [6.45, 7) is 1.89. The predicted molar refractivity (Wildman–Crippen MR) is 55.6 cm³/mol. The third-order valence-corrected chi connectivity index (χ3v) is 5.03. The van der Waals surface area contributed by atoms with Crippen LogP contribution in [0.3, 0.4) is 0 Å². The molecule has 1 saturated heterocycles. The maximum absolute atomic E-state index is 12.3. The highest BCUT2D eigenvalue weighted by molar-refractivity contribution is 6.03. The van der Waals surface area contributed by atoms with Crippen molar-refractivity contribution in [1.82, 2.24) is 0 Å². The molecule has 0 spiro atoms. The normalized spacial score (nSPS) is 55.3. The summed E-state index contributed by atoms with van der Waals surface area (Å²) in [4.78, 5) is 24.5. The Kier molecular flexibility index (Phi) is 1.41. The molecule has 16 heavy (non-hydrogen) atoms. The van der Waals surface area contributed by atoms with Crippen molar-refractivity contribution in [2.45, 2.75) is 32.0 Å². The van der Waals surface area contributed by atoms with E-state index in [0.717, 1.165) is 6.42 Å². The highest BCUT2D eigenvalue weighted by Crippen LogP contribution is 2.68. The third-order valence-electron chi connectivity index (χ3n) is 5.03. The quantitative estimate of drug-likeness (QED) is 0.515. The largest absolute Gasteiger partial charge is 0.360 e. The van der Waals surface area contributed by atoms with Crippen LogP contribution in [0.1, 0.15) is 19.8 Å². The van der Waals surface area contributed by atoms with Crippen molar-refractivity contribution in [3.8, 4) is 0 Å². The van der Waals surface area contributed by atoms with E-state index >= 15 is 0 Å². The Balaban J connectivity index is 1.90. The molecule has 0 radical (unpaired) electrons. The molecule has 3 nitrogen and oxygen atoms in total. The molecule has 3 heteroatoms. The monoisotopic (exact) mass is 218 g/mol. The average Bonchev–Trinajstić information content (AvgIpc) is 2.73. The minimum absolute atomic E-state index is 0.0568. The van der Waals surface area contributed by atoms with Crippen LogP contribution >= 0.6 is 0 Å². The molecule has 0 amide bonds. The van der Waals surface area contributed by atoms with Gasteiger partial charge in [-0.1, -0.05) is 19.1 Å². The number of carbonyl (C=O) groups excluding carboxylic acids is 2. The van der Waals surface area contributed by atoms with Crippen LogP contribution in [0.4, 0.5) is 0 Å². The number of hydrogen-bond acceptors (Lipinski definition) is 3. The fourth-order valence-electron chi connectivity index (χ4n) is 4.46. The molecule has 1 aliphatic heterocycles. The highest BCUT2D eigenvalue weighted by atomic mass is 16.6. The smallest absolute Gasteiger partial charge is 0.169 e. The summed E-state index contributed by atoms with van der Waals surface area (Å²) in [7, 11) is 0. The van der Waals surface area contributed by atoms with Gasteiger partial charge in [-0.2, -0.15) is 0 Å². The summed E-state index contributed by atoms with van der Waals surface area (Å²) in [5.41, 5.74) is -0.462. The number of epoxide rings is 1. The fraction of sp³-hybridized carbons (Fsp3) is 0.692. The molecule has 3 fully saturated rings. The summed E-state index contributed by atoms with van der Waals surface area (Å²) in [6.07, 6.45) is 5.45. The van der Waals surface area contributed by atoms with Gasteiger partial charge in [0, 0.05) is 12.3 Å². The Labute approximate surface area is 93.8 Å². The van der Waals surface area contributed by atoms with E-state index in [0.29, 0.717) is 12.3 Å². The lowest BCUT2D eigenvalue weighted by molar-refractivity contribution is -0.141. The number of fused-ring (bicyclic) bond motifs is 7. The zero-order valence-electron chi connectivity index (χ0n) is 9.18. The van der Waals surface area contributed by atoms with Gasteiger partial charge in [-0.15, -0.1) is 0 Å². The van der Waals surface area contributed by atoms with E-state index in [2.05, 4.69) is 12.2 Å². The van der Waals surface area contributed by atoms with Crippen LogP contribution in [0.2, 0.25) is 0 Å². The van der Waals surface area contributed by atoms with Crippen LogP contribution < -0.4 is 0 Å². The van der Waals surface area contributed by atoms with E-state index in [1.54, 1.807) is 0 Å². The van der Waals surface area contributed by atoms with Gasteiger partial charge in [0.1, 0.15) is 18.0 Å². The standard InChI is InChI=1S/C13H14O3/c1-2-8(14)13-7-4-3-6(5-7)9(13)10(15)11-12(13)16-11/h3-4,6-7,9,11-12H,2,5H2,1H3/t6-,7-,9+,11-,12+,13+/m0/s1. The van der Waals surface area contributed by atoms with E-state index < -0.39 is 5.41 Å². The van der Waals surface area contributed by atoms with Crippen molar-refractivity contribution in [3.63, 3.8) is 0 Å². The van der Waals surface area contributed by atoms with Gasteiger partial charge >= 0.3 is 0 Å². The first-order valence-electron chi connectivity index (χ1n) is 6.12. The van der Waals surface area contributed by atoms with Crippen LogP contribution in [0.5, 0.6) is 0 Å². The van der Waals surface area contributed by atoms with Gasteiger partial charge < -0.3 is 4.74 Å². The number of ether oxygens (including phenoxy) is 1. The average molecular weight is 218 g/mol. The SMILES string of the molecule is CCC(=O)[C@@]12[C@@H]3O[C@H]3C(=O)[C@H]1[C@H]1C=C[C@H]2C1. The van der Waals surface area contributed by atoms with Crippen molar-refractivity contribution < 1.29 is 14.3 Å². The Bertz CT molecular complexity index is 438. The zero-order chi connectivity index (χ0) is 11.1. The van der Waals surface area contributed by atoms with E-state index in [9.17, 15) is 9.59 Å². The van der Waals surface area contributed by atoms with Gasteiger partial charge in [0.25, 0.3) is 0 Å². The van der Waals surface area contributed by atoms with Gasteiger partial charge in [-0.25, -0.2) is 0 Å². The molecule has 3 aliphatic carbocycles. The number of rotatable bonds is 2. The second-order valence-corrected chi connectivity index (χ2v) is 5.46. The molecule has 4 aliphatic rings. The summed E-state index contributed by atoms with van der Waals surface area (Å²) >= 11 is 0. The van der Waals surface area contributed by atoms with Crippen LogP contribution in [0.15, 0.2) is 12.2 Å². The first kappa shape index (κ1) is 9.11. The first-order chi connectivity index (χ1) is 7.71. The molecule has 2 bridgehead atoms. The fourth-order valence-corrected chi connectivity index (χ4v) is 4.46. The number of carbonyl (C=O) groups is 2. The predicted octanol–water partition coefficient (Wildman–Crippen LogP) is 1.12. The lowest BCUT2D eigenvalue weighted by Crippen LogP contribution is -2.45. The Morgan fingerprint density at radius 2 is 2.38 bits per heavy atom. The molecule has 0 aromatic heterocycles. The van der Waals surface area contributed by atoms with Gasteiger partial charge in [-0.3, -0.25) is 9.59 Å². The molecule has 84 valence electrons. The lowest BCUT2D eigenvalue weighted by atomic mass is 9.66. The minimum Gasteiger partial charge on any atom is -0.360 e. The maximum atomic E-state index is 12.3. The Hall–Kier alpha value is -0.960. The third kappa shape index (κ3) is 0.698. The second kappa shape index (κ2) is 2.48. The van der Waals surface area contributed by atoms with E-state index in [1.807, 2.05) is 6.92 Å². The molecule has 6 atom stereocenters. The summed E-state index contributed by atoms with van der Waals surface area (Å²) in [5, 5.41) is 0. The number of allylic oxidation sites excluding steroid dienone is 2. The number of Topliss-reactive ketones (excluding diaryl/α,β-unsaturated/α-hetero) is 2. The van der Waals surface area contributed by atoms with Gasteiger partial charge in [-0.05, 0) is 18.3 Å². The summed E-state index contributed by atoms with van der Waals surface area (Å²) in [5.74, 6) is 0.954. The van der Waals surface area contributed by atoms with Crippen molar-refractivity contribution in [1.29, 1.82) is 0 Å². The van der Waals surface area contributed by atoms with Crippen molar-refractivity contribution in [2.75, 3.05) is 0 Å². The van der Waals surface area contributed by atoms with Gasteiger partial charge in [0.15, 0.2) is 5.78 Å². The number of ketones is 2. The van der Waals surface area contributed by atoms with Crippen LogP contribution in [0.25, 0.3) is 0 Å². The highest BCUT2D eigenvalue weighted by Gasteiger charge is 2.79. The molecule has 0 aromatic rings. The van der Waals surface area contributed by atoms with Crippen molar-refractivity contribution in [3.05, 3.63) is 12.2 Å². The van der Waals surface area contributed by atoms with Gasteiger partial charge in [0.05, 0.1) is 5.41 Å². The van der Waals surface area contributed by atoms with Crippen molar-refractivity contribution >= 4 is 11.6 Å². The van der Waals surface area contributed by atoms with E-state index in [4.69, 9.17) is 4.74 Å². The molecule has 4 rings (SSSR count). The van der Waals surface area contributed by atoms with E-state index in [1.165, 1.54) is 0 Å². The van der Waals surface area contributed by atoms with Gasteiger partial charge in [0.2, 0.25) is 0 Å². The molecule has 0 aromatic carbocycles. The molecule has 1 heterocycles. The molecular formula is C13H14O3. The Morgan fingerprint density at radius 3 is 3.12 bits per heavy atom. The molecule has 0 N–H and O–H groups in total. The topological polar surface area (TPSA) is 46.7 Å². The molecular weight excluding hydrogens is 204 g/mol.